The Morgan fingerprint density at radius 3 is 2.27 bits per heavy atom. The normalized spacial score (nSPS) is 15.0. The number of hydrogen-bond donors (Lipinski definition) is 0. The van der Waals surface area contributed by atoms with Gasteiger partial charge in [-0.15, -0.1) is 11.3 Å². The van der Waals surface area contributed by atoms with E-state index < -0.39 is 10.0 Å². The predicted octanol–water partition coefficient (Wildman–Crippen LogP) is 3.97. The number of furan rings is 1. The number of thiazole rings is 1. The van der Waals surface area contributed by atoms with Crippen molar-refractivity contribution in [2.45, 2.75) is 4.90 Å². The minimum atomic E-state index is -3.60. The third-order valence-corrected chi connectivity index (χ3v) is 8.87. The Balaban J connectivity index is 1.51. The Morgan fingerprint density at radius 1 is 0.975 bits per heavy atom. The van der Waals surface area contributed by atoms with E-state index in [9.17, 15) is 8.42 Å². The molecule has 1 aliphatic heterocycles. The highest BCUT2D eigenvalue weighted by Crippen LogP contribution is 2.37. The van der Waals surface area contributed by atoms with Crippen molar-refractivity contribution < 1.29 is 31.8 Å². The molecule has 0 spiro atoms. The summed E-state index contributed by atoms with van der Waals surface area (Å²) in [5, 5.41) is 6.59. The van der Waals surface area contributed by atoms with Gasteiger partial charge >= 0.3 is 0 Å². The SMILES string of the molecule is COc1cc(C=Nn2c(-c3ccco3)csc2=Nc2ccc(S(=O)(=O)N3CCOCC3)cc2)cc(OC)c1OC. The van der Waals surface area contributed by atoms with E-state index in [-0.39, 0.29) is 4.90 Å². The van der Waals surface area contributed by atoms with E-state index in [4.69, 9.17) is 33.5 Å². The van der Waals surface area contributed by atoms with Gasteiger partial charge in [0, 0.05) is 24.0 Å². The molecule has 0 saturated carbocycles. The molecule has 3 heterocycles. The zero-order valence-electron chi connectivity index (χ0n) is 22.1. The molecule has 0 atom stereocenters. The molecule has 1 saturated heterocycles. The van der Waals surface area contributed by atoms with Crippen LogP contribution in [0.1, 0.15) is 5.56 Å². The van der Waals surface area contributed by atoms with Crippen molar-refractivity contribution in [3.05, 3.63) is 70.5 Å². The summed E-state index contributed by atoms with van der Waals surface area (Å²) in [6.45, 7) is 1.45. The zero-order valence-corrected chi connectivity index (χ0v) is 23.8. The molecule has 5 rings (SSSR count). The Kier molecular flexibility index (Phi) is 8.35. The molecule has 0 bridgehead atoms. The molecule has 0 aliphatic carbocycles. The molecule has 2 aromatic carbocycles. The topological polar surface area (TPSA) is 117 Å². The summed E-state index contributed by atoms with van der Waals surface area (Å²) < 4.78 is 56.3. The summed E-state index contributed by atoms with van der Waals surface area (Å²) >= 11 is 1.37. The molecular formula is C27H28N4O7S2. The molecule has 2 aromatic heterocycles. The Morgan fingerprint density at radius 2 is 1.68 bits per heavy atom. The highest BCUT2D eigenvalue weighted by molar-refractivity contribution is 7.89. The Labute approximate surface area is 235 Å². The maximum Gasteiger partial charge on any atom is 0.243 e. The lowest BCUT2D eigenvalue weighted by Gasteiger charge is -2.26. The maximum atomic E-state index is 13.0. The van der Waals surface area contributed by atoms with E-state index in [1.807, 2.05) is 11.4 Å². The number of sulfonamides is 1. The smallest absolute Gasteiger partial charge is 0.243 e. The zero-order chi connectivity index (χ0) is 28.1. The second-order valence-electron chi connectivity index (χ2n) is 8.52. The summed E-state index contributed by atoms with van der Waals surface area (Å²) in [6, 6.07) is 13.7. The van der Waals surface area contributed by atoms with E-state index in [1.54, 1.807) is 80.9 Å². The highest BCUT2D eigenvalue weighted by atomic mass is 32.2. The lowest BCUT2D eigenvalue weighted by atomic mass is 10.2. The molecule has 1 aliphatic rings. The van der Waals surface area contributed by atoms with Gasteiger partial charge in [-0.3, -0.25) is 0 Å². The Hall–Kier alpha value is -3.91. The lowest BCUT2D eigenvalue weighted by molar-refractivity contribution is 0.0730. The number of benzene rings is 2. The van der Waals surface area contributed by atoms with Crippen molar-refractivity contribution in [1.82, 2.24) is 8.98 Å². The van der Waals surface area contributed by atoms with Gasteiger partial charge in [0.15, 0.2) is 17.3 Å². The Bertz CT molecular complexity index is 1630. The second kappa shape index (κ2) is 12.1. The van der Waals surface area contributed by atoms with Crippen molar-refractivity contribution in [3.8, 4) is 28.7 Å². The number of aromatic nitrogens is 1. The molecule has 4 aromatic rings. The van der Waals surface area contributed by atoms with E-state index in [2.05, 4.69) is 0 Å². The third kappa shape index (κ3) is 5.68. The van der Waals surface area contributed by atoms with Crippen LogP contribution in [0.2, 0.25) is 0 Å². The fraction of sp³-hybridized carbons (Fsp3) is 0.259. The van der Waals surface area contributed by atoms with Crippen molar-refractivity contribution in [1.29, 1.82) is 0 Å². The second-order valence-corrected chi connectivity index (χ2v) is 11.3. The first kappa shape index (κ1) is 27.6. The number of nitrogens with zero attached hydrogens (tertiary/aromatic N) is 4. The molecule has 40 heavy (non-hydrogen) atoms. The summed E-state index contributed by atoms with van der Waals surface area (Å²) in [5.74, 6) is 2.10. The summed E-state index contributed by atoms with van der Waals surface area (Å²) in [5.41, 5.74) is 1.98. The van der Waals surface area contributed by atoms with Crippen LogP contribution in [0.15, 0.2) is 79.6 Å². The first-order chi connectivity index (χ1) is 19.4. The van der Waals surface area contributed by atoms with Gasteiger partial charge < -0.3 is 23.4 Å². The molecule has 0 amide bonds. The standard InChI is InChI=1S/C27H28N4O7S2/c1-34-24-15-19(16-25(35-2)26(24)36-3)17-28-31-22(23-5-4-12-38-23)18-39-27(31)29-20-6-8-21(9-7-20)40(32,33)30-10-13-37-14-11-30/h4-9,12,15-18H,10-11,13-14H2,1-3H3. The van der Waals surface area contributed by atoms with E-state index in [0.29, 0.717) is 71.1 Å². The van der Waals surface area contributed by atoms with Gasteiger partial charge in [0.2, 0.25) is 20.6 Å². The average molecular weight is 585 g/mol. The van der Waals surface area contributed by atoms with Crippen LogP contribution in [0, 0.1) is 0 Å². The van der Waals surface area contributed by atoms with Crippen LogP contribution in [0.5, 0.6) is 17.2 Å². The van der Waals surface area contributed by atoms with Gasteiger partial charge in [-0.2, -0.15) is 9.41 Å². The molecule has 13 heteroatoms. The van der Waals surface area contributed by atoms with Gasteiger partial charge in [0.05, 0.1) is 57.6 Å². The van der Waals surface area contributed by atoms with Gasteiger partial charge in [0.25, 0.3) is 0 Å². The van der Waals surface area contributed by atoms with Crippen molar-refractivity contribution in [3.63, 3.8) is 0 Å². The van der Waals surface area contributed by atoms with Crippen LogP contribution in [0.25, 0.3) is 11.5 Å². The van der Waals surface area contributed by atoms with Crippen molar-refractivity contribution in [2.75, 3.05) is 47.6 Å². The number of hydrogen-bond acceptors (Lipinski definition) is 10. The van der Waals surface area contributed by atoms with Crippen molar-refractivity contribution >= 4 is 33.3 Å². The highest BCUT2D eigenvalue weighted by Gasteiger charge is 2.26. The average Bonchev–Trinajstić information content (AvgIpc) is 3.66. The lowest BCUT2D eigenvalue weighted by Crippen LogP contribution is -2.40. The fourth-order valence-electron chi connectivity index (χ4n) is 4.12. The molecule has 0 unspecified atom stereocenters. The van der Waals surface area contributed by atoms with E-state index >= 15 is 0 Å². The number of ether oxygens (including phenoxy) is 4. The van der Waals surface area contributed by atoms with Crippen LogP contribution in [-0.4, -0.2) is 71.2 Å². The first-order valence-corrected chi connectivity index (χ1v) is 14.6. The molecule has 11 nitrogen and oxygen atoms in total. The quantitative estimate of drug-likeness (QED) is 0.273. The van der Waals surface area contributed by atoms with Crippen LogP contribution in [0.3, 0.4) is 0 Å². The number of methoxy groups -OCH3 is 3. The number of rotatable bonds is 9. The van der Waals surface area contributed by atoms with Gasteiger partial charge in [-0.25, -0.2) is 18.1 Å². The summed E-state index contributed by atoms with van der Waals surface area (Å²) in [6.07, 6.45) is 3.24. The maximum absolute atomic E-state index is 13.0. The molecule has 0 radical (unpaired) electrons. The largest absolute Gasteiger partial charge is 0.493 e. The minimum absolute atomic E-state index is 0.212. The third-order valence-electron chi connectivity index (χ3n) is 6.14. The van der Waals surface area contributed by atoms with Gasteiger partial charge in [0.1, 0.15) is 5.69 Å². The molecule has 0 N–H and O–H groups in total. The van der Waals surface area contributed by atoms with Crippen molar-refractivity contribution in [2.24, 2.45) is 10.1 Å². The monoisotopic (exact) mass is 584 g/mol. The predicted molar refractivity (Wildman–Crippen MR) is 150 cm³/mol. The summed E-state index contributed by atoms with van der Waals surface area (Å²) in [7, 11) is 1.05. The van der Waals surface area contributed by atoms with Crippen LogP contribution in [0.4, 0.5) is 5.69 Å². The summed E-state index contributed by atoms with van der Waals surface area (Å²) in [4.78, 5) is 5.51. The van der Waals surface area contributed by atoms with Gasteiger partial charge in [-0.05, 0) is 48.5 Å². The van der Waals surface area contributed by atoms with Crippen LogP contribution >= 0.6 is 11.3 Å². The molecule has 1 fully saturated rings. The minimum Gasteiger partial charge on any atom is -0.493 e. The fourth-order valence-corrected chi connectivity index (χ4v) is 6.37. The van der Waals surface area contributed by atoms with Crippen LogP contribution < -0.4 is 19.0 Å². The first-order valence-electron chi connectivity index (χ1n) is 12.3. The molecule has 210 valence electrons. The number of morpholine rings is 1. The molecular weight excluding hydrogens is 556 g/mol. The van der Waals surface area contributed by atoms with Gasteiger partial charge in [-0.1, -0.05) is 0 Å². The van der Waals surface area contributed by atoms with E-state index in [1.165, 1.54) is 15.6 Å². The van der Waals surface area contributed by atoms with Crippen LogP contribution in [-0.2, 0) is 14.8 Å². The van der Waals surface area contributed by atoms with E-state index in [0.717, 1.165) is 0 Å².